The second kappa shape index (κ2) is 9.40. The van der Waals surface area contributed by atoms with Crippen molar-refractivity contribution in [3.63, 3.8) is 0 Å². The summed E-state index contributed by atoms with van der Waals surface area (Å²) in [5.41, 5.74) is 3.32. The summed E-state index contributed by atoms with van der Waals surface area (Å²) in [5, 5.41) is 0. The first-order valence-corrected chi connectivity index (χ1v) is 10.1. The molecule has 0 unspecified atom stereocenters. The second-order valence-corrected chi connectivity index (χ2v) is 9.05. The number of aryl methyl sites for hydroxylation is 2. The van der Waals surface area contributed by atoms with E-state index >= 15 is 0 Å². The van der Waals surface area contributed by atoms with Crippen molar-refractivity contribution in [2.24, 2.45) is 5.41 Å². The Balaban J connectivity index is 1.62. The van der Waals surface area contributed by atoms with Gasteiger partial charge in [-0.15, -0.1) is 0 Å². The van der Waals surface area contributed by atoms with E-state index in [1.54, 1.807) is 0 Å². The molecule has 0 radical (unpaired) electrons. The number of ether oxygens (including phenoxy) is 1. The standard InChI is InChI=1S/C23H36O2/c1-22(2,3)14-7-4-5-10-20-12-9-13-21(18-20)11-6-8-15-23(16-17-23)25-19-24/h9,12-13,18-19H,4-8,10-11,14-17H2,1-3H3. The second-order valence-electron chi connectivity index (χ2n) is 9.05. The van der Waals surface area contributed by atoms with E-state index in [0.717, 1.165) is 32.1 Å². The third-order valence-electron chi connectivity index (χ3n) is 5.34. The maximum absolute atomic E-state index is 10.5. The van der Waals surface area contributed by atoms with Gasteiger partial charge in [0, 0.05) is 0 Å². The number of benzene rings is 1. The minimum absolute atomic E-state index is 0.0867. The molecule has 2 rings (SSSR count). The minimum Gasteiger partial charge on any atom is -0.461 e. The summed E-state index contributed by atoms with van der Waals surface area (Å²) in [6.07, 6.45) is 13.1. The van der Waals surface area contributed by atoms with Crippen molar-refractivity contribution >= 4 is 6.47 Å². The topological polar surface area (TPSA) is 26.3 Å². The largest absolute Gasteiger partial charge is 0.461 e. The molecular formula is C23H36O2. The first kappa shape index (κ1) is 20.0. The molecule has 0 N–H and O–H groups in total. The Morgan fingerprint density at radius 3 is 2.20 bits per heavy atom. The molecule has 0 heterocycles. The molecule has 2 nitrogen and oxygen atoms in total. The van der Waals surface area contributed by atoms with E-state index in [2.05, 4.69) is 45.0 Å². The Kier molecular flexibility index (Phi) is 7.53. The fourth-order valence-corrected chi connectivity index (χ4v) is 3.55. The van der Waals surface area contributed by atoms with Gasteiger partial charge < -0.3 is 4.74 Å². The first-order chi connectivity index (χ1) is 11.9. The zero-order chi connectivity index (χ0) is 18.2. The number of hydrogen-bond acceptors (Lipinski definition) is 2. The fraction of sp³-hybridized carbons (Fsp3) is 0.696. The van der Waals surface area contributed by atoms with Crippen LogP contribution in [-0.4, -0.2) is 12.1 Å². The highest BCUT2D eigenvalue weighted by atomic mass is 16.5. The van der Waals surface area contributed by atoms with Gasteiger partial charge in [0.15, 0.2) is 0 Å². The third kappa shape index (κ3) is 8.07. The van der Waals surface area contributed by atoms with Crippen LogP contribution < -0.4 is 0 Å². The molecule has 0 aliphatic heterocycles. The van der Waals surface area contributed by atoms with Crippen LogP contribution in [0.15, 0.2) is 24.3 Å². The van der Waals surface area contributed by atoms with Crippen LogP contribution in [0.2, 0.25) is 0 Å². The Morgan fingerprint density at radius 1 is 1.00 bits per heavy atom. The Morgan fingerprint density at radius 2 is 1.64 bits per heavy atom. The Hall–Kier alpha value is -1.31. The SMILES string of the molecule is CC(C)(C)CCCCCc1cccc(CCCCC2(OC=O)CC2)c1. The van der Waals surface area contributed by atoms with Crippen LogP contribution in [-0.2, 0) is 22.4 Å². The van der Waals surface area contributed by atoms with Crippen molar-refractivity contribution in [1.82, 2.24) is 0 Å². The van der Waals surface area contributed by atoms with E-state index in [-0.39, 0.29) is 5.60 Å². The summed E-state index contributed by atoms with van der Waals surface area (Å²) in [6.45, 7) is 7.60. The number of rotatable bonds is 12. The van der Waals surface area contributed by atoms with Crippen LogP contribution in [0.3, 0.4) is 0 Å². The molecule has 1 aliphatic rings. The van der Waals surface area contributed by atoms with Crippen molar-refractivity contribution in [2.75, 3.05) is 0 Å². The smallest absolute Gasteiger partial charge is 0.293 e. The van der Waals surface area contributed by atoms with Gasteiger partial charge in [-0.1, -0.05) is 57.9 Å². The predicted molar refractivity (Wildman–Crippen MR) is 105 cm³/mol. The van der Waals surface area contributed by atoms with Crippen LogP contribution in [0.1, 0.15) is 89.7 Å². The molecular weight excluding hydrogens is 308 g/mol. The molecule has 0 amide bonds. The van der Waals surface area contributed by atoms with E-state index in [9.17, 15) is 4.79 Å². The van der Waals surface area contributed by atoms with Gasteiger partial charge >= 0.3 is 0 Å². The van der Waals surface area contributed by atoms with Gasteiger partial charge in [0.25, 0.3) is 6.47 Å². The summed E-state index contributed by atoms with van der Waals surface area (Å²) in [7, 11) is 0. The molecule has 1 saturated carbocycles. The van der Waals surface area contributed by atoms with Gasteiger partial charge in [-0.2, -0.15) is 0 Å². The van der Waals surface area contributed by atoms with Crippen LogP contribution in [0.5, 0.6) is 0 Å². The molecule has 1 aliphatic carbocycles. The molecule has 1 aromatic rings. The highest BCUT2D eigenvalue weighted by Crippen LogP contribution is 2.43. The summed E-state index contributed by atoms with van der Waals surface area (Å²) in [4.78, 5) is 10.5. The van der Waals surface area contributed by atoms with Crippen LogP contribution >= 0.6 is 0 Å². The lowest BCUT2D eigenvalue weighted by molar-refractivity contribution is -0.135. The van der Waals surface area contributed by atoms with E-state index < -0.39 is 0 Å². The van der Waals surface area contributed by atoms with Crippen molar-refractivity contribution in [1.29, 1.82) is 0 Å². The Bertz CT molecular complexity index is 523. The average Bonchev–Trinajstić information content (AvgIpc) is 3.31. The van der Waals surface area contributed by atoms with Crippen molar-refractivity contribution in [2.45, 2.75) is 97.0 Å². The fourth-order valence-electron chi connectivity index (χ4n) is 3.55. The molecule has 0 saturated heterocycles. The van der Waals surface area contributed by atoms with Crippen LogP contribution in [0.25, 0.3) is 0 Å². The highest BCUT2D eigenvalue weighted by Gasteiger charge is 2.44. The molecule has 1 fully saturated rings. The zero-order valence-electron chi connectivity index (χ0n) is 16.5. The van der Waals surface area contributed by atoms with Crippen molar-refractivity contribution in [3.05, 3.63) is 35.4 Å². The predicted octanol–water partition coefficient (Wildman–Crippen LogP) is 6.25. The lowest BCUT2D eigenvalue weighted by Crippen LogP contribution is -2.12. The third-order valence-corrected chi connectivity index (χ3v) is 5.34. The summed E-state index contributed by atoms with van der Waals surface area (Å²) in [6, 6.07) is 9.11. The van der Waals surface area contributed by atoms with Gasteiger partial charge in [0.2, 0.25) is 0 Å². The quantitative estimate of drug-likeness (QED) is 0.331. The summed E-state index contributed by atoms with van der Waals surface area (Å²) >= 11 is 0. The minimum atomic E-state index is -0.0867. The van der Waals surface area contributed by atoms with Crippen molar-refractivity contribution < 1.29 is 9.53 Å². The van der Waals surface area contributed by atoms with Gasteiger partial charge in [-0.05, 0) is 74.3 Å². The number of carbonyl (C=O) groups excluding carboxylic acids is 1. The maximum Gasteiger partial charge on any atom is 0.293 e. The number of unbranched alkanes of at least 4 members (excludes halogenated alkanes) is 3. The van der Waals surface area contributed by atoms with Gasteiger partial charge in [0.05, 0.1) is 0 Å². The maximum atomic E-state index is 10.5. The molecule has 0 aromatic heterocycles. The molecule has 1 aromatic carbocycles. The number of carbonyl (C=O) groups is 1. The van der Waals surface area contributed by atoms with Gasteiger partial charge in [-0.3, -0.25) is 4.79 Å². The van der Waals surface area contributed by atoms with Crippen LogP contribution in [0, 0.1) is 5.41 Å². The lowest BCUT2D eigenvalue weighted by Gasteiger charge is -2.17. The summed E-state index contributed by atoms with van der Waals surface area (Å²) in [5.74, 6) is 0. The molecule has 0 bridgehead atoms. The number of hydrogen-bond donors (Lipinski definition) is 0. The van der Waals surface area contributed by atoms with E-state index in [0.29, 0.717) is 11.9 Å². The van der Waals surface area contributed by atoms with E-state index in [1.165, 1.54) is 49.7 Å². The molecule has 140 valence electrons. The van der Waals surface area contributed by atoms with Gasteiger partial charge in [-0.25, -0.2) is 0 Å². The molecule has 25 heavy (non-hydrogen) atoms. The van der Waals surface area contributed by atoms with E-state index in [4.69, 9.17) is 4.74 Å². The highest BCUT2D eigenvalue weighted by molar-refractivity contribution is 5.39. The average molecular weight is 345 g/mol. The molecule has 0 spiro atoms. The van der Waals surface area contributed by atoms with E-state index in [1.807, 2.05) is 0 Å². The molecule has 0 atom stereocenters. The zero-order valence-corrected chi connectivity index (χ0v) is 16.5. The van der Waals surface area contributed by atoms with Crippen molar-refractivity contribution in [3.8, 4) is 0 Å². The monoisotopic (exact) mass is 344 g/mol. The summed E-state index contributed by atoms with van der Waals surface area (Å²) < 4.78 is 5.22. The Labute approximate surface area is 154 Å². The lowest BCUT2D eigenvalue weighted by atomic mass is 9.89. The van der Waals surface area contributed by atoms with Crippen LogP contribution in [0.4, 0.5) is 0 Å². The normalized spacial score (nSPS) is 15.8. The van der Waals surface area contributed by atoms with Gasteiger partial charge in [0.1, 0.15) is 5.60 Å². The molecule has 2 heteroatoms. The first-order valence-electron chi connectivity index (χ1n) is 10.1.